The molecule has 0 saturated carbocycles. The third-order valence-corrected chi connectivity index (χ3v) is 6.66. The van der Waals surface area contributed by atoms with Crippen LogP contribution in [0.5, 0.6) is 5.75 Å². The van der Waals surface area contributed by atoms with Gasteiger partial charge in [0.2, 0.25) is 0 Å². The standard InChI is InChI=1S/C21H20Br3NO2/c1-10-14(22)9-15(23)18-17(10)12(20(26)25-18)6-11-7-13(21(2,3)4)19(27-5)16(24)8-11/h6-9H,1-5H3,(H,25,26). The van der Waals surface area contributed by atoms with Gasteiger partial charge in [0.15, 0.2) is 0 Å². The van der Waals surface area contributed by atoms with Crippen LogP contribution in [-0.4, -0.2) is 13.0 Å². The van der Waals surface area contributed by atoms with Crippen LogP contribution in [0.15, 0.2) is 31.6 Å². The fraction of sp³-hybridized carbons (Fsp3) is 0.286. The number of fused-ring (bicyclic) bond motifs is 1. The molecule has 2 aromatic rings. The summed E-state index contributed by atoms with van der Waals surface area (Å²) in [5.41, 5.74) is 5.35. The molecule has 0 bridgehead atoms. The van der Waals surface area contributed by atoms with Crippen LogP contribution >= 0.6 is 47.8 Å². The van der Waals surface area contributed by atoms with Gasteiger partial charge < -0.3 is 10.1 Å². The molecule has 6 heteroatoms. The highest BCUT2D eigenvalue weighted by atomic mass is 79.9. The molecule has 1 aliphatic rings. The van der Waals surface area contributed by atoms with Crippen molar-refractivity contribution in [1.29, 1.82) is 0 Å². The molecule has 0 aliphatic carbocycles. The molecule has 142 valence electrons. The van der Waals surface area contributed by atoms with Crippen LogP contribution in [0.3, 0.4) is 0 Å². The summed E-state index contributed by atoms with van der Waals surface area (Å²) in [5, 5.41) is 2.97. The Bertz CT molecular complexity index is 988. The van der Waals surface area contributed by atoms with Crippen LogP contribution < -0.4 is 10.1 Å². The predicted octanol–water partition coefficient (Wildman–Crippen LogP) is 7.08. The smallest absolute Gasteiger partial charge is 0.256 e. The molecular weight excluding hydrogens is 538 g/mol. The van der Waals surface area contributed by atoms with Crippen molar-refractivity contribution >= 4 is 71.0 Å². The average Bonchev–Trinajstić information content (AvgIpc) is 2.89. The van der Waals surface area contributed by atoms with E-state index in [0.717, 1.165) is 47.1 Å². The minimum absolute atomic E-state index is 0.0970. The zero-order valence-corrected chi connectivity index (χ0v) is 20.5. The quantitative estimate of drug-likeness (QED) is 0.401. The van der Waals surface area contributed by atoms with Crippen LogP contribution in [0, 0.1) is 6.92 Å². The van der Waals surface area contributed by atoms with E-state index in [9.17, 15) is 4.79 Å². The van der Waals surface area contributed by atoms with Crippen molar-refractivity contribution in [3.8, 4) is 5.75 Å². The second-order valence-electron chi connectivity index (χ2n) is 7.56. The fourth-order valence-electron chi connectivity index (χ4n) is 3.24. The van der Waals surface area contributed by atoms with Gasteiger partial charge in [-0.05, 0) is 79.6 Å². The lowest BCUT2D eigenvalue weighted by Crippen LogP contribution is -2.13. The summed E-state index contributed by atoms with van der Waals surface area (Å²) in [6, 6.07) is 6.03. The summed E-state index contributed by atoms with van der Waals surface area (Å²) in [4.78, 5) is 12.7. The number of hydrogen-bond acceptors (Lipinski definition) is 2. The Balaban J connectivity index is 2.23. The maximum absolute atomic E-state index is 12.7. The van der Waals surface area contributed by atoms with E-state index in [1.54, 1.807) is 7.11 Å². The first-order valence-electron chi connectivity index (χ1n) is 8.44. The molecule has 0 unspecified atom stereocenters. The number of carbonyl (C=O) groups excluding carboxylic acids is 1. The molecule has 0 radical (unpaired) electrons. The van der Waals surface area contributed by atoms with Crippen LogP contribution in [0.4, 0.5) is 5.69 Å². The van der Waals surface area contributed by atoms with Gasteiger partial charge in [-0.2, -0.15) is 0 Å². The number of halogens is 3. The highest BCUT2D eigenvalue weighted by molar-refractivity contribution is 9.11. The molecule has 1 aliphatic heterocycles. The second-order valence-corrected chi connectivity index (χ2v) is 10.1. The molecule has 1 N–H and O–H groups in total. The van der Waals surface area contributed by atoms with E-state index in [1.807, 2.05) is 25.1 Å². The second kappa shape index (κ2) is 7.37. The zero-order chi connectivity index (χ0) is 20.1. The number of hydrogen-bond donors (Lipinski definition) is 1. The van der Waals surface area contributed by atoms with Crippen LogP contribution in [0.1, 0.15) is 43.0 Å². The van der Waals surface area contributed by atoms with E-state index >= 15 is 0 Å². The van der Waals surface area contributed by atoms with Gasteiger partial charge in [0.1, 0.15) is 5.75 Å². The number of methoxy groups -OCH3 is 1. The molecule has 0 saturated heterocycles. The number of anilines is 1. The van der Waals surface area contributed by atoms with Gasteiger partial charge in [-0.15, -0.1) is 0 Å². The molecule has 1 amide bonds. The van der Waals surface area contributed by atoms with Crippen molar-refractivity contribution in [1.82, 2.24) is 0 Å². The van der Waals surface area contributed by atoms with E-state index in [1.165, 1.54) is 0 Å². The molecular formula is C21H20Br3NO2. The summed E-state index contributed by atoms with van der Waals surface area (Å²) >= 11 is 10.7. The van der Waals surface area contributed by atoms with Crippen LogP contribution in [-0.2, 0) is 10.2 Å². The van der Waals surface area contributed by atoms with Gasteiger partial charge >= 0.3 is 0 Å². The lowest BCUT2D eigenvalue weighted by molar-refractivity contribution is -0.110. The largest absolute Gasteiger partial charge is 0.495 e. The Labute approximate surface area is 185 Å². The third-order valence-electron chi connectivity index (χ3n) is 4.62. The summed E-state index contributed by atoms with van der Waals surface area (Å²) in [6.45, 7) is 8.44. The molecule has 0 atom stereocenters. The Morgan fingerprint density at radius 1 is 1.04 bits per heavy atom. The zero-order valence-electron chi connectivity index (χ0n) is 15.8. The van der Waals surface area contributed by atoms with Crippen molar-refractivity contribution in [3.63, 3.8) is 0 Å². The first-order valence-corrected chi connectivity index (χ1v) is 10.8. The first-order chi connectivity index (χ1) is 12.5. The van der Waals surface area contributed by atoms with E-state index in [4.69, 9.17) is 4.74 Å². The van der Waals surface area contributed by atoms with Crippen molar-refractivity contribution in [2.75, 3.05) is 12.4 Å². The Kier molecular flexibility index (Phi) is 5.63. The molecule has 0 spiro atoms. The van der Waals surface area contributed by atoms with Crippen molar-refractivity contribution < 1.29 is 9.53 Å². The summed E-state index contributed by atoms with van der Waals surface area (Å²) < 4.78 is 8.29. The molecule has 1 heterocycles. The molecule has 27 heavy (non-hydrogen) atoms. The molecule has 2 aromatic carbocycles. The number of carbonyl (C=O) groups is 1. The van der Waals surface area contributed by atoms with Crippen molar-refractivity contribution in [2.24, 2.45) is 0 Å². The topological polar surface area (TPSA) is 38.3 Å². The minimum Gasteiger partial charge on any atom is -0.495 e. The van der Waals surface area contributed by atoms with Gasteiger partial charge in [0, 0.05) is 25.6 Å². The van der Waals surface area contributed by atoms with Crippen molar-refractivity contribution in [2.45, 2.75) is 33.1 Å². The van der Waals surface area contributed by atoms with Gasteiger partial charge in [-0.25, -0.2) is 0 Å². The average molecular weight is 558 g/mol. The van der Waals surface area contributed by atoms with Gasteiger partial charge in [-0.1, -0.05) is 36.7 Å². The number of ether oxygens (including phenoxy) is 1. The lowest BCUT2D eigenvalue weighted by Gasteiger charge is -2.23. The Morgan fingerprint density at radius 3 is 2.30 bits per heavy atom. The fourth-order valence-corrected chi connectivity index (χ4v) is 5.14. The normalized spacial score (nSPS) is 15.1. The van der Waals surface area contributed by atoms with Gasteiger partial charge in [0.25, 0.3) is 5.91 Å². The molecule has 3 nitrogen and oxygen atoms in total. The third kappa shape index (κ3) is 3.76. The first kappa shape index (κ1) is 20.6. The Hall–Kier alpha value is -1.11. The van der Waals surface area contributed by atoms with Gasteiger partial charge in [0.05, 0.1) is 17.3 Å². The van der Waals surface area contributed by atoms with E-state index in [0.29, 0.717) is 5.57 Å². The van der Waals surface area contributed by atoms with E-state index < -0.39 is 0 Å². The summed E-state index contributed by atoms with van der Waals surface area (Å²) in [5.74, 6) is 0.721. The number of nitrogens with one attached hydrogen (secondary N) is 1. The van der Waals surface area contributed by atoms with Crippen molar-refractivity contribution in [3.05, 3.63) is 53.9 Å². The molecule has 3 rings (SSSR count). The number of rotatable bonds is 2. The lowest BCUT2D eigenvalue weighted by atomic mass is 9.85. The van der Waals surface area contributed by atoms with E-state index in [-0.39, 0.29) is 11.3 Å². The van der Waals surface area contributed by atoms with Crippen LogP contribution in [0.25, 0.3) is 11.6 Å². The highest BCUT2D eigenvalue weighted by Gasteiger charge is 2.29. The number of benzene rings is 2. The minimum atomic E-state index is -0.101. The van der Waals surface area contributed by atoms with E-state index in [2.05, 4.69) is 79.9 Å². The predicted molar refractivity (Wildman–Crippen MR) is 122 cm³/mol. The molecule has 0 aromatic heterocycles. The SMILES string of the molecule is COc1c(Br)cc(C=C2C(=O)Nc3c(Br)cc(Br)c(C)c32)cc1C(C)(C)C. The molecule has 0 fully saturated rings. The maximum atomic E-state index is 12.7. The Morgan fingerprint density at radius 2 is 1.70 bits per heavy atom. The van der Waals surface area contributed by atoms with Crippen LogP contribution in [0.2, 0.25) is 0 Å². The summed E-state index contributed by atoms with van der Waals surface area (Å²) in [6.07, 6.45) is 1.94. The summed E-state index contributed by atoms with van der Waals surface area (Å²) in [7, 11) is 1.67. The van der Waals surface area contributed by atoms with Gasteiger partial charge in [-0.3, -0.25) is 4.79 Å². The maximum Gasteiger partial charge on any atom is 0.256 e. The monoisotopic (exact) mass is 555 g/mol. The highest BCUT2D eigenvalue weighted by Crippen LogP contribution is 2.44. The number of amides is 1.